The lowest BCUT2D eigenvalue weighted by Gasteiger charge is -2.33. The van der Waals surface area contributed by atoms with Gasteiger partial charge in [0.15, 0.2) is 0 Å². The van der Waals surface area contributed by atoms with Crippen molar-refractivity contribution < 1.29 is 19.0 Å². The first kappa shape index (κ1) is 12.8. The quantitative estimate of drug-likeness (QED) is 0.726. The van der Waals surface area contributed by atoms with Crippen molar-refractivity contribution in [3.8, 4) is 0 Å². The van der Waals surface area contributed by atoms with Gasteiger partial charge in [-0.25, -0.2) is 0 Å². The van der Waals surface area contributed by atoms with Crippen molar-refractivity contribution in [1.82, 2.24) is 0 Å². The molecule has 2 aliphatic heterocycles. The van der Waals surface area contributed by atoms with Crippen molar-refractivity contribution in [3.63, 3.8) is 0 Å². The highest BCUT2D eigenvalue weighted by Gasteiger charge is 2.40. The fourth-order valence-corrected chi connectivity index (χ4v) is 2.35. The lowest BCUT2D eigenvalue weighted by Crippen LogP contribution is -2.45. The number of ether oxygens (including phenoxy) is 3. The summed E-state index contributed by atoms with van der Waals surface area (Å²) < 4.78 is 16.1. The largest absolute Gasteiger partial charge is 0.462 e. The van der Waals surface area contributed by atoms with Crippen molar-refractivity contribution in [2.45, 2.75) is 31.8 Å². The molecule has 0 saturated carbocycles. The first-order valence-electron chi connectivity index (χ1n) is 6.33. The van der Waals surface area contributed by atoms with Gasteiger partial charge in [-0.15, -0.1) is 0 Å². The summed E-state index contributed by atoms with van der Waals surface area (Å²) in [5, 5.41) is 0. The minimum absolute atomic E-state index is 0.0774. The van der Waals surface area contributed by atoms with Crippen molar-refractivity contribution in [2.24, 2.45) is 11.1 Å². The van der Waals surface area contributed by atoms with E-state index in [0.29, 0.717) is 39.2 Å². The molecule has 0 aromatic heterocycles. The molecule has 0 radical (unpaired) electrons. The van der Waals surface area contributed by atoms with Crippen LogP contribution in [0.15, 0.2) is 0 Å². The summed E-state index contributed by atoms with van der Waals surface area (Å²) in [5.74, 6) is -0.182. The maximum atomic E-state index is 12.1. The number of nitrogens with two attached hydrogens (primary N) is 1. The highest BCUT2D eigenvalue weighted by atomic mass is 16.6. The first-order valence-corrected chi connectivity index (χ1v) is 6.33. The van der Waals surface area contributed by atoms with Crippen LogP contribution in [0.25, 0.3) is 0 Å². The van der Waals surface area contributed by atoms with Crippen molar-refractivity contribution in [3.05, 3.63) is 0 Å². The van der Waals surface area contributed by atoms with Crippen LogP contribution in [0.5, 0.6) is 0 Å². The molecule has 2 rings (SSSR count). The third kappa shape index (κ3) is 2.97. The molecular weight excluding hydrogens is 222 g/mol. The Morgan fingerprint density at radius 2 is 2.12 bits per heavy atom. The van der Waals surface area contributed by atoms with Crippen LogP contribution in [0.2, 0.25) is 0 Å². The summed E-state index contributed by atoms with van der Waals surface area (Å²) in [6.45, 7) is 2.65. The molecule has 0 amide bonds. The number of carbonyl (C=O) groups excluding carboxylic acids is 1. The van der Waals surface area contributed by atoms with Gasteiger partial charge in [0.25, 0.3) is 0 Å². The average molecular weight is 243 g/mol. The maximum absolute atomic E-state index is 12.1. The molecule has 2 N–H and O–H groups in total. The van der Waals surface area contributed by atoms with Gasteiger partial charge in [0, 0.05) is 26.4 Å². The van der Waals surface area contributed by atoms with Crippen LogP contribution in [-0.2, 0) is 19.0 Å². The number of hydrogen-bond acceptors (Lipinski definition) is 5. The van der Waals surface area contributed by atoms with E-state index in [1.54, 1.807) is 0 Å². The van der Waals surface area contributed by atoms with E-state index in [0.717, 1.165) is 19.4 Å². The minimum atomic E-state index is -0.531. The van der Waals surface area contributed by atoms with Crippen LogP contribution in [0.4, 0.5) is 0 Å². The van der Waals surface area contributed by atoms with Gasteiger partial charge in [-0.3, -0.25) is 4.79 Å². The lowest BCUT2D eigenvalue weighted by molar-refractivity contribution is -0.164. The fourth-order valence-electron chi connectivity index (χ4n) is 2.35. The average Bonchev–Trinajstić information content (AvgIpc) is 2.90. The zero-order valence-corrected chi connectivity index (χ0v) is 10.2. The Labute approximate surface area is 102 Å². The van der Waals surface area contributed by atoms with E-state index < -0.39 is 5.41 Å². The summed E-state index contributed by atoms with van der Waals surface area (Å²) in [7, 11) is 0. The smallest absolute Gasteiger partial charge is 0.313 e. The molecule has 1 unspecified atom stereocenters. The monoisotopic (exact) mass is 243 g/mol. The fraction of sp³-hybridized carbons (Fsp3) is 0.917. The van der Waals surface area contributed by atoms with Gasteiger partial charge >= 0.3 is 5.97 Å². The number of carbonyl (C=O) groups is 1. The molecule has 2 heterocycles. The molecule has 2 saturated heterocycles. The summed E-state index contributed by atoms with van der Waals surface area (Å²) in [4.78, 5) is 12.1. The molecule has 0 spiro atoms. The van der Waals surface area contributed by atoms with Crippen LogP contribution >= 0.6 is 0 Å². The van der Waals surface area contributed by atoms with Crippen LogP contribution < -0.4 is 5.73 Å². The molecule has 1 atom stereocenters. The van der Waals surface area contributed by atoms with Crippen molar-refractivity contribution in [1.29, 1.82) is 0 Å². The van der Waals surface area contributed by atoms with Crippen molar-refractivity contribution in [2.75, 3.05) is 33.0 Å². The third-order valence-corrected chi connectivity index (χ3v) is 3.70. The Bertz CT molecular complexity index is 257. The van der Waals surface area contributed by atoms with Gasteiger partial charge in [0.05, 0.1) is 11.5 Å². The lowest BCUT2D eigenvalue weighted by atomic mass is 9.80. The second kappa shape index (κ2) is 5.80. The Hall–Kier alpha value is -0.650. The van der Waals surface area contributed by atoms with Gasteiger partial charge in [0.2, 0.25) is 0 Å². The van der Waals surface area contributed by atoms with Gasteiger partial charge in [-0.2, -0.15) is 0 Å². The first-order chi connectivity index (χ1) is 8.27. The SMILES string of the molecule is NCC1(C(=O)OCC2CCCO2)CCOCC1. The molecule has 5 nitrogen and oxygen atoms in total. The Morgan fingerprint density at radius 1 is 1.35 bits per heavy atom. The van der Waals surface area contributed by atoms with Gasteiger partial charge in [-0.05, 0) is 25.7 Å². The minimum Gasteiger partial charge on any atom is -0.462 e. The Balaban J connectivity index is 1.83. The maximum Gasteiger partial charge on any atom is 0.313 e. The second-order valence-corrected chi connectivity index (χ2v) is 4.83. The zero-order valence-electron chi connectivity index (χ0n) is 10.2. The van der Waals surface area contributed by atoms with Crippen LogP contribution in [0.1, 0.15) is 25.7 Å². The zero-order chi connectivity index (χ0) is 12.1. The van der Waals surface area contributed by atoms with Crippen LogP contribution in [-0.4, -0.2) is 45.0 Å². The third-order valence-electron chi connectivity index (χ3n) is 3.70. The standard InChI is InChI=1S/C12H21NO4/c13-9-12(3-6-15-7-4-12)11(14)17-8-10-2-1-5-16-10/h10H,1-9,13H2. The van der Waals surface area contributed by atoms with Crippen LogP contribution in [0.3, 0.4) is 0 Å². The molecule has 5 heteroatoms. The predicted octanol–water partition coefficient (Wildman–Crippen LogP) is 0.464. The molecule has 0 aromatic carbocycles. The molecule has 0 aromatic rings. The van der Waals surface area contributed by atoms with Crippen LogP contribution in [0, 0.1) is 5.41 Å². The highest BCUT2D eigenvalue weighted by Crippen LogP contribution is 2.31. The Kier molecular flexibility index (Phi) is 4.36. The second-order valence-electron chi connectivity index (χ2n) is 4.83. The number of esters is 1. The van der Waals surface area contributed by atoms with E-state index in [1.807, 2.05) is 0 Å². The number of rotatable bonds is 4. The van der Waals surface area contributed by atoms with E-state index in [2.05, 4.69) is 0 Å². The van der Waals surface area contributed by atoms with Gasteiger partial charge < -0.3 is 19.9 Å². The molecule has 17 heavy (non-hydrogen) atoms. The highest BCUT2D eigenvalue weighted by molar-refractivity contribution is 5.77. The summed E-state index contributed by atoms with van der Waals surface area (Å²) in [6, 6.07) is 0. The molecule has 0 bridgehead atoms. The summed E-state index contributed by atoms with van der Waals surface area (Å²) in [5.41, 5.74) is 5.20. The molecule has 98 valence electrons. The van der Waals surface area contributed by atoms with E-state index >= 15 is 0 Å². The molecule has 0 aliphatic carbocycles. The Morgan fingerprint density at radius 3 is 2.71 bits per heavy atom. The van der Waals surface area contributed by atoms with Gasteiger partial charge in [-0.1, -0.05) is 0 Å². The summed E-state index contributed by atoms with van der Waals surface area (Å²) >= 11 is 0. The molecule has 2 fully saturated rings. The molecular formula is C12H21NO4. The predicted molar refractivity (Wildman–Crippen MR) is 61.5 cm³/mol. The van der Waals surface area contributed by atoms with Gasteiger partial charge in [0.1, 0.15) is 6.61 Å². The number of hydrogen-bond donors (Lipinski definition) is 1. The topological polar surface area (TPSA) is 70.8 Å². The molecule has 2 aliphatic rings. The van der Waals surface area contributed by atoms with E-state index in [-0.39, 0.29) is 12.1 Å². The van der Waals surface area contributed by atoms with E-state index in [9.17, 15) is 4.79 Å². The van der Waals surface area contributed by atoms with Crippen molar-refractivity contribution >= 4 is 5.97 Å². The summed E-state index contributed by atoms with van der Waals surface area (Å²) in [6.07, 6.45) is 3.43. The van der Waals surface area contributed by atoms with E-state index in [1.165, 1.54) is 0 Å². The normalized spacial score (nSPS) is 27.9. The van der Waals surface area contributed by atoms with E-state index in [4.69, 9.17) is 19.9 Å².